The minimum atomic E-state index is -0.355. The largest absolute Gasteiger partial charge is 0.297 e. The van der Waals surface area contributed by atoms with Gasteiger partial charge in [-0.1, -0.05) is 33.8 Å². The first-order chi connectivity index (χ1) is 9.42. The number of nitrogens with two attached hydrogens (primary N) is 1. The molecule has 0 saturated carbocycles. The average Bonchev–Trinajstić information content (AvgIpc) is 2.36. The highest BCUT2D eigenvalue weighted by molar-refractivity contribution is 5.91. The van der Waals surface area contributed by atoms with E-state index < -0.39 is 0 Å². The number of amides is 1. The second-order valence-corrected chi connectivity index (χ2v) is 5.97. The number of hydrogen-bond acceptors (Lipinski definition) is 4. The molecule has 1 heterocycles. The van der Waals surface area contributed by atoms with Crippen LogP contribution in [0.1, 0.15) is 43.9 Å². The lowest BCUT2D eigenvalue weighted by molar-refractivity contribution is 0.0948. The lowest BCUT2D eigenvalue weighted by Crippen LogP contribution is -2.32. The molecule has 0 atom stereocenters. The van der Waals surface area contributed by atoms with Crippen LogP contribution in [0.5, 0.6) is 0 Å². The summed E-state index contributed by atoms with van der Waals surface area (Å²) in [6, 6.07) is 5.46. The van der Waals surface area contributed by atoms with E-state index in [1.165, 1.54) is 0 Å². The van der Waals surface area contributed by atoms with Crippen LogP contribution in [-0.2, 0) is 6.54 Å². The number of aromatic nitrogens is 1. The molecule has 112 valence electrons. The topological polar surface area (TPSA) is 71.2 Å². The summed E-state index contributed by atoms with van der Waals surface area (Å²) in [5.41, 5.74) is 3.37. The van der Waals surface area contributed by atoms with Crippen molar-refractivity contribution in [1.82, 2.24) is 15.3 Å². The van der Waals surface area contributed by atoms with E-state index in [1.54, 1.807) is 6.07 Å². The van der Waals surface area contributed by atoms with Gasteiger partial charge < -0.3 is 0 Å². The zero-order valence-corrected chi connectivity index (χ0v) is 12.9. The molecule has 5 nitrogen and oxygen atoms in total. The average molecular weight is 278 g/mol. The summed E-state index contributed by atoms with van der Waals surface area (Å²) in [7, 11) is 0. The molecule has 0 aliphatic rings. The van der Waals surface area contributed by atoms with E-state index in [0.717, 1.165) is 25.3 Å². The highest BCUT2D eigenvalue weighted by Crippen LogP contribution is 2.09. The van der Waals surface area contributed by atoms with Crippen molar-refractivity contribution in [3.05, 3.63) is 29.6 Å². The second-order valence-electron chi connectivity index (χ2n) is 5.97. The molecule has 0 fully saturated rings. The van der Waals surface area contributed by atoms with Gasteiger partial charge in [0.05, 0.1) is 5.69 Å². The second kappa shape index (κ2) is 7.97. The number of hydrogen-bond donors (Lipinski definition) is 2. The monoisotopic (exact) mass is 278 g/mol. The summed E-state index contributed by atoms with van der Waals surface area (Å²) < 4.78 is 0. The summed E-state index contributed by atoms with van der Waals surface area (Å²) in [5.74, 6) is 5.98. The molecule has 20 heavy (non-hydrogen) atoms. The molecule has 0 aliphatic carbocycles. The van der Waals surface area contributed by atoms with Crippen molar-refractivity contribution >= 4 is 5.91 Å². The van der Waals surface area contributed by atoms with Crippen molar-refractivity contribution in [3.63, 3.8) is 0 Å². The van der Waals surface area contributed by atoms with Crippen molar-refractivity contribution in [2.45, 2.75) is 34.2 Å². The van der Waals surface area contributed by atoms with Crippen LogP contribution in [-0.4, -0.2) is 28.9 Å². The fraction of sp³-hybridized carbons (Fsp3) is 0.600. The van der Waals surface area contributed by atoms with E-state index in [0.29, 0.717) is 17.5 Å². The third-order valence-corrected chi connectivity index (χ3v) is 2.80. The predicted molar refractivity (Wildman–Crippen MR) is 80.8 cm³/mol. The van der Waals surface area contributed by atoms with Gasteiger partial charge in [0.2, 0.25) is 0 Å². The first-order valence-electron chi connectivity index (χ1n) is 7.11. The van der Waals surface area contributed by atoms with Crippen molar-refractivity contribution < 1.29 is 4.79 Å². The Morgan fingerprint density at radius 3 is 2.35 bits per heavy atom. The maximum absolute atomic E-state index is 11.5. The van der Waals surface area contributed by atoms with E-state index in [9.17, 15) is 4.79 Å². The molecular formula is C15H26N4O. The Labute approximate surface area is 121 Å². The zero-order valence-electron chi connectivity index (χ0n) is 12.9. The number of nitrogens with one attached hydrogen (secondary N) is 1. The number of hydrazine groups is 1. The zero-order chi connectivity index (χ0) is 15.1. The van der Waals surface area contributed by atoms with Gasteiger partial charge in [0.15, 0.2) is 0 Å². The molecule has 1 rings (SSSR count). The lowest BCUT2D eigenvalue weighted by atomic mass is 10.1. The molecule has 3 N–H and O–H groups in total. The number of nitrogens with zero attached hydrogens (tertiary/aromatic N) is 2. The number of rotatable bonds is 7. The van der Waals surface area contributed by atoms with Gasteiger partial charge in [-0.2, -0.15) is 0 Å². The van der Waals surface area contributed by atoms with Gasteiger partial charge in [0.25, 0.3) is 5.91 Å². The highest BCUT2D eigenvalue weighted by Gasteiger charge is 2.12. The molecule has 1 amide bonds. The van der Waals surface area contributed by atoms with Crippen molar-refractivity contribution in [2.24, 2.45) is 17.7 Å². The molecule has 0 unspecified atom stereocenters. The summed E-state index contributed by atoms with van der Waals surface area (Å²) in [4.78, 5) is 18.2. The minimum absolute atomic E-state index is 0.355. The molecule has 0 saturated heterocycles. The molecular weight excluding hydrogens is 252 g/mol. The molecule has 0 bridgehead atoms. The first kappa shape index (κ1) is 16.6. The molecule has 0 spiro atoms. The summed E-state index contributed by atoms with van der Waals surface area (Å²) >= 11 is 0. The smallest absolute Gasteiger partial charge is 0.283 e. The Morgan fingerprint density at radius 2 is 1.85 bits per heavy atom. The maximum atomic E-state index is 11.5. The Balaban J connectivity index is 2.79. The van der Waals surface area contributed by atoms with E-state index in [2.05, 4.69) is 43.0 Å². The molecule has 1 aromatic heterocycles. The molecule has 0 aliphatic heterocycles. The maximum Gasteiger partial charge on any atom is 0.283 e. The van der Waals surface area contributed by atoms with E-state index in [1.807, 2.05) is 12.1 Å². The molecule has 0 radical (unpaired) electrons. The lowest BCUT2D eigenvalue weighted by Gasteiger charge is -2.25. The third kappa shape index (κ3) is 5.67. The van der Waals surface area contributed by atoms with Gasteiger partial charge in [-0.15, -0.1) is 0 Å². The van der Waals surface area contributed by atoms with Crippen LogP contribution < -0.4 is 11.3 Å². The van der Waals surface area contributed by atoms with E-state index in [-0.39, 0.29) is 5.91 Å². The number of carbonyl (C=O) groups is 1. The van der Waals surface area contributed by atoms with E-state index >= 15 is 0 Å². The van der Waals surface area contributed by atoms with Crippen LogP contribution in [0, 0.1) is 11.8 Å². The summed E-state index contributed by atoms with van der Waals surface area (Å²) in [6.45, 7) is 11.6. The fourth-order valence-electron chi connectivity index (χ4n) is 2.23. The Bertz CT molecular complexity index is 422. The van der Waals surface area contributed by atoms with Gasteiger partial charge in [-0.3, -0.25) is 15.1 Å². The van der Waals surface area contributed by atoms with Crippen LogP contribution in [0.15, 0.2) is 18.2 Å². The summed E-state index contributed by atoms with van der Waals surface area (Å²) in [6.07, 6.45) is 0. The van der Waals surface area contributed by atoms with Gasteiger partial charge >= 0.3 is 0 Å². The van der Waals surface area contributed by atoms with Crippen molar-refractivity contribution in [2.75, 3.05) is 13.1 Å². The summed E-state index contributed by atoms with van der Waals surface area (Å²) in [5, 5.41) is 0. The third-order valence-electron chi connectivity index (χ3n) is 2.80. The van der Waals surface area contributed by atoms with Crippen LogP contribution in [0.3, 0.4) is 0 Å². The van der Waals surface area contributed by atoms with Crippen LogP contribution in [0.25, 0.3) is 0 Å². The van der Waals surface area contributed by atoms with Crippen LogP contribution in [0.2, 0.25) is 0 Å². The normalized spacial score (nSPS) is 11.4. The fourth-order valence-corrected chi connectivity index (χ4v) is 2.23. The van der Waals surface area contributed by atoms with Crippen LogP contribution in [0.4, 0.5) is 0 Å². The first-order valence-corrected chi connectivity index (χ1v) is 7.11. The Kier molecular flexibility index (Phi) is 6.61. The predicted octanol–water partition coefficient (Wildman–Crippen LogP) is 1.80. The Morgan fingerprint density at radius 1 is 1.25 bits per heavy atom. The molecule has 0 aromatic carbocycles. The van der Waals surface area contributed by atoms with Crippen molar-refractivity contribution in [3.8, 4) is 0 Å². The number of nitrogen functional groups attached to an aromatic ring is 1. The Hall–Kier alpha value is -1.46. The van der Waals surface area contributed by atoms with Crippen molar-refractivity contribution in [1.29, 1.82) is 0 Å². The molecule has 1 aromatic rings. The quantitative estimate of drug-likeness (QED) is 0.453. The number of carbonyl (C=O) groups excluding carboxylic acids is 1. The molecule has 5 heteroatoms. The van der Waals surface area contributed by atoms with E-state index in [4.69, 9.17) is 5.84 Å². The minimum Gasteiger partial charge on any atom is -0.297 e. The number of pyridine rings is 1. The van der Waals surface area contributed by atoms with Gasteiger partial charge in [-0.25, -0.2) is 10.8 Å². The SMILES string of the molecule is CC(C)CN(Cc1cccc(C(=O)NN)n1)CC(C)C. The van der Waals surface area contributed by atoms with Gasteiger partial charge in [0.1, 0.15) is 5.69 Å². The van der Waals surface area contributed by atoms with Gasteiger partial charge in [0, 0.05) is 19.6 Å². The van der Waals surface area contributed by atoms with Crippen LogP contribution >= 0.6 is 0 Å². The standard InChI is InChI=1S/C15H26N4O/c1-11(2)8-19(9-12(3)4)10-13-6-5-7-14(17-13)15(20)18-16/h5-7,11-12H,8-10,16H2,1-4H3,(H,18,20). The highest BCUT2D eigenvalue weighted by atomic mass is 16.2. The van der Waals surface area contributed by atoms with Gasteiger partial charge in [-0.05, 0) is 24.0 Å².